The fourth-order valence-corrected chi connectivity index (χ4v) is 3.31. The van der Waals surface area contributed by atoms with Crippen LogP contribution in [-0.2, 0) is 19.4 Å². The van der Waals surface area contributed by atoms with E-state index in [1.165, 1.54) is 4.88 Å². The van der Waals surface area contributed by atoms with E-state index >= 15 is 0 Å². The molecular formula is C12H14ClN3S. The van der Waals surface area contributed by atoms with Gasteiger partial charge in [-0.3, -0.25) is 0 Å². The summed E-state index contributed by atoms with van der Waals surface area (Å²) < 4.78 is 2.20. The van der Waals surface area contributed by atoms with Crippen LogP contribution in [0.3, 0.4) is 0 Å². The standard InChI is InChI=1S/C12H14ClN3S/c13-12-10-4-3-8(14)7-16(10)11(15-12)6-9-2-1-5-17-9/h1-2,5,8H,3-4,6-7,14H2. The van der Waals surface area contributed by atoms with Gasteiger partial charge >= 0.3 is 0 Å². The fraction of sp³-hybridized carbons (Fsp3) is 0.417. The third kappa shape index (κ3) is 2.12. The maximum absolute atomic E-state index is 6.18. The minimum absolute atomic E-state index is 0.231. The lowest BCUT2D eigenvalue weighted by molar-refractivity contribution is 0.451. The maximum atomic E-state index is 6.18. The maximum Gasteiger partial charge on any atom is 0.150 e. The molecule has 3 rings (SSSR count). The Kier molecular flexibility index (Phi) is 2.94. The van der Waals surface area contributed by atoms with Crippen LogP contribution in [-0.4, -0.2) is 15.6 Å². The molecule has 0 saturated carbocycles. The molecule has 0 saturated heterocycles. The number of nitrogens with zero attached hydrogens (tertiary/aromatic N) is 2. The summed E-state index contributed by atoms with van der Waals surface area (Å²) in [6, 6.07) is 4.42. The highest BCUT2D eigenvalue weighted by molar-refractivity contribution is 7.09. The zero-order valence-corrected chi connectivity index (χ0v) is 11.0. The van der Waals surface area contributed by atoms with Gasteiger partial charge in [0.05, 0.1) is 5.69 Å². The third-order valence-electron chi connectivity index (χ3n) is 3.18. The Morgan fingerprint density at radius 3 is 3.24 bits per heavy atom. The first kappa shape index (κ1) is 11.3. The van der Waals surface area contributed by atoms with E-state index in [-0.39, 0.29) is 6.04 Å². The molecular weight excluding hydrogens is 254 g/mol. The van der Waals surface area contributed by atoms with Gasteiger partial charge in [-0.05, 0) is 24.3 Å². The molecule has 0 fully saturated rings. The van der Waals surface area contributed by atoms with Crippen molar-refractivity contribution in [3.63, 3.8) is 0 Å². The highest BCUT2D eigenvalue weighted by Crippen LogP contribution is 2.26. The van der Waals surface area contributed by atoms with Crippen LogP contribution in [0, 0.1) is 0 Å². The topological polar surface area (TPSA) is 43.8 Å². The van der Waals surface area contributed by atoms with Gasteiger partial charge in [-0.25, -0.2) is 4.98 Å². The van der Waals surface area contributed by atoms with Crippen LogP contribution in [0.4, 0.5) is 0 Å². The number of nitrogens with two attached hydrogens (primary N) is 1. The van der Waals surface area contributed by atoms with Gasteiger partial charge in [0, 0.05) is 23.9 Å². The van der Waals surface area contributed by atoms with Gasteiger partial charge in [0.25, 0.3) is 0 Å². The highest BCUT2D eigenvalue weighted by Gasteiger charge is 2.22. The van der Waals surface area contributed by atoms with Crippen LogP contribution in [0.15, 0.2) is 17.5 Å². The predicted octanol–water partition coefficient (Wildman–Crippen LogP) is 2.46. The van der Waals surface area contributed by atoms with E-state index in [4.69, 9.17) is 17.3 Å². The van der Waals surface area contributed by atoms with Crippen molar-refractivity contribution < 1.29 is 0 Å². The molecule has 0 aromatic carbocycles. The minimum Gasteiger partial charge on any atom is -0.329 e. The Morgan fingerprint density at radius 2 is 2.47 bits per heavy atom. The first-order valence-corrected chi connectivity index (χ1v) is 7.01. The number of hydrogen-bond donors (Lipinski definition) is 1. The molecule has 1 aliphatic heterocycles. The summed E-state index contributed by atoms with van der Waals surface area (Å²) in [5, 5.41) is 2.74. The van der Waals surface area contributed by atoms with Crippen molar-refractivity contribution in [3.05, 3.63) is 39.1 Å². The smallest absolute Gasteiger partial charge is 0.150 e. The van der Waals surface area contributed by atoms with Gasteiger partial charge in [-0.2, -0.15) is 0 Å². The zero-order chi connectivity index (χ0) is 11.8. The first-order valence-electron chi connectivity index (χ1n) is 5.76. The largest absolute Gasteiger partial charge is 0.329 e. The second kappa shape index (κ2) is 4.44. The van der Waals surface area contributed by atoms with E-state index in [0.29, 0.717) is 5.15 Å². The van der Waals surface area contributed by atoms with E-state index in [1.807, 2.05) is 0 Å². The van der Waals surface area contributed by atoms with Crippen LogP contribution in [0.25, 0.3) is 0 Å². The predicted molar refractivity (Wildman–Crippen MR) is 70.7 cm³/mol. The second-order valence-corrected chi connectivity index (χ2v) is 5.82. The van der Waals surface area contributed by atoms with Crippen LogP contribution in [0.5, 0.6) is 0 Å². The van der Waals surface area contributed by atoms with Crippen molar-refractivity contribution >= 4 is 22.9 Å². The SMILES string of the molecule is NC1CCc2c(Cl)nc(Cc3cccs3)n2C1. The Labute approximate surface area is 109 Å². The quantitative estimate of drug-likeness (QED) is 0.908. The summed E-state index contributed by atoms with van der Waals surface area (Å²) in [6.45, 7) is 0.843. The summed E-state index contributed by atoms with van der Waals surface area (Å²) in [5.41, 5.74) is 7.16. The summed E-state index contributed by atoms with van der Waals surface area (Å²) in [4.78, 5) is 5.79. The van der Waals surface area contributed by atoms with Crippen molar-refractivity contribution in [2.75, 3.05) is 0 Å². The molecule has 1 atom stereocenters. The first-order chi connectivity index (χ1) is 8.24. The van der Waals surface area contributed by atoms with E-state index in [1.54, 1.807) is 11.3 Å². The molecule has 5 heteroatoms. The van der Waals surface area contributed by atoms with Crippen molar-refractivity contribution in [2.45, 2.75) is 31.8 Å². The summed E-state index contributed by atoms with van der Waals surface area (Å²) in [6.07, 6.45) is 2.80. The number of thiophene rings is 1. The number of hydrogen-bond acceptors (Lipinski definition) is 3. The average Bonchev–Trinajstić information content (AvgIpc) is 2.89. The van der Waals surface area contributed by atoms with Crippen LogP contribution in [0.1, 0.15) is 22.8 Å². The summed E-state index contributed by atoms with van der Waals surface area (Å²) in [5.74, 6) is 1.04. The zero-order valence-electron chi connectivity index (χ0n) is 9.40. The molecule has 17 heavy (non-hydrogen) atoms. The molecule has 0 amide bonds. The van der Waals surface area contributed by atoms with Gasteiger partial charge in [0.2, 0.25) is 0 Å². The Morgan fingerprint density at radius 1 is 1.59 bits per heavy atom. The van der Waals surface area contributed by atoms with E-state index < -0.39 is 0 Å². The number of rotatable bonds is 2. The number of fused-ring (bicyclic) bond motifs is 1. The Bertz CT molecular complexity index is 518. The van der Waals surface area contributed by atoms with Gasteiger partial charge in [-0.15, -0.1) is 11.3 Å². The van der Waals surface area contributed by atoms with E-state index in [2.05, 4.69) is 27.1 Å². The molecule has 90 valence electrons. The number of halogens is 1. The molecule has 0 spiro atoms. The summed E-state index contributed by atoms with van der Waals surface area (Å²) >= 11 is 7.93. The van der Waals surface area contributed by atoms with Crippen molar-refractivity contribution in [1.82, 2.24) is 9.55 Å². The highest BCUT2D eigenvalue weighted by atomic mass is 35.5. The van der Waals surface area contributed by atoms with Gasteiger partial charge in [0.15, 0.2) is 5.15 Å². The second-order valence-electron chi connectivity index (χ2n) is 4.43. The third-order valence-corrected chi connectivity index (χ3v) is 4.36. The minimum atomic E-state index is 0.231. The van der Waals surface area contributed by atoms with E-state index in [9.17, 15) is 0 Å². The molecule has 0 aliphatic carbocycles. The lowest BCUT2D eigenvalue weighted by atomic mass is 10.1. The van der Waals surface area contributed by atoms with Crippen molar-refractivity contribution in [3.8, 4) is 0 Å². The number of imidazole rings is 1. The lowest BCUT2D eigenvalue weighted by Gasteiger charge is -2.22. The van der Waals surface area contributed by atoms with Crippen LogP contribution in [0.2, 0.25) is 5.15 Å². The van der Waals surface area contributed by atoms with Gasteiger partial charge in [-0.1, -0.05) is 17.7 Å². The Balaban J connectivity index is 1.95. The molecule has 3 nitrogen and oxygen atoms in total. The average molecular weight is 268 g/mol. The van der Waals surface area contributed by atoms with E-state index in [0.717, 1.165) is 37.3 Å². The lowest BCUT2D eigenvalue weighted by Crippen LogP contribution is -2.32. The van der Waals surface area contributed by atoms with Crippen LogP contribution >= 0.6 is 22.9 Å². The van der Waals surface area contributed by atoms with Crippen LogP contribution < -0.4 is 5.73 Å². The Hall–Kier alpha value is -0.840. The molecule has 2 N–H and O–H groups in total. The van der Waals surface area contributed by atoms with Crippen molar-refractivity contribution in [1.29, 1.82) is 0 Å². The van der Waals surface area contributed by atoms with Crippen molar-refractivity contribution in [2.24, 2.45) is 5.73 Å². The fourth-order valence-electron chi connectivity index (χ4n) is 2.31. The normalized spacial score (nSPS) is 19.3. The molecule has 3 heterocycles. The molecule has 0 bridgehead atoms. The molecule has 2 aromatic rings. The monoisotopic (exact) mass is 267 g/mol. The van der Waals surface area contributed by atoms with Gasteiger partial charge in [0.1, 0.15) is 5.82 Å². The molecule has 1 unspecified atom stereocenters. The molecule has 1 aliphatic rings. The number of aromatic nitrogens is 2. The molecule has 2 aromatic heterocycles. The van der Waals surface area contributed by atoms with Gasteiger partial charge < -0.3 is 10.3 Å². The molecule has 0 radical (unpaired) electrons. The summed E-state index contributed by atoms with van der Waals surface area (Å²) in [7, 11) is 0.